The van der Waals surface area contributed by atoms with Crippen LogP contribution in [0.2, 0.25) is 0 Å². The number of esters is 1. The predicted octanol–water partition coefficient (Wildman–Crippen LogP) is 6.31. The first kappa shape index (κ1) is 26.7. The van der Waals surface area contributed by atoms with E-state index in [2.05, 4.69) is 9.82 Å². The largest absolute Gasteiger partial charge is 0.477 e. The Labute approximate surface area is 201 Å². The van der Waals surface area contributed by atoms with Gasteiger partial charge in [0.15, 0.2) is 0 Å². The summed E-state index contributed by atoms with van der Waals surface area (Å²) in [6, 6.07) is 11.5. The predicted molar refractivity (Wildman–Crippen MR) is 122 cm³/mol. The van der Waals surface area contributed by atoms with Crippen molar-refractivity contribution >= 4 is 40.9 Å². The normalized spacial score (nSPS) is 15.2. The Morgan fingerprint density at radius 2 is 1.83 bits per heavy atom. The molecule has 3 aromatic rings. The molecule has 13 heteroatoms. The number of halogens is 4. The molecule has 188 valence electrons. The summed E-state index contributed by atoms with van der Waals surface area (Å²) in [6.45, 7) is 0.211. The zero-order valence-corrected chi connectivity index (χ0v) is 19.8. The Hall–Kier alpha value is -2.95. The summed E-state index contributed by atoms with van der Waals surface area (Å²) in [5, 5.41) is 11.8. The number of fused-ring (bicyclic) bond motifs is 1. The number of alkyl halides is 4. The Kier molecular flexibility index (Phi) is 8.19. The summed E-state index contributed by atoms with van der Waals surface area (Å²) >= 11 is 0.981. The van der Waals surface area contributed by atoms with Crippen molar-refractivity contribution in [2.75, 3.05) is 6.61 Å². The van der Waals surface area contributed by atoms with Gasteiger partial charge in [-0.2, -0.15) is 13.2 Å². The van der Waals surface area contributed by atoms with Crippen molar-refractivity contribution in [3.63, 3.8) is 0 Å². The lowest BCUT2D eigenvalue weighted by Gasteiger charge is -2.26. The molecule has 0 aliphatic carbocycles. The molecule has 0 bridgehead atoms. The Balaban J connectivity index is 1.86. The lowest BCUT2D eigenvalue weighted by molar-refractivity contribution is -0.160. The van der Waals surface area contributed by atoms with Gasteiger partial charge >= 0.3 is 25.6 Å². The van der Waals surface area contributed by atoms with Gasteiger partial charge in [0.2, 0.25) is 5.91 Å². The summed E-state index contributed by atoms with van der Waals surface area (Å²) in [5.41, 5.74) is -0.114. The fourth-order valence-corrected chi connectivity index (χ4v) is 5.79. The van der Waals surface area contributed by atoms with Gasteiger partial charge in [0, 0.05) is 4.70 Å². The van der Waals surface area contributed by atoms with Crippen LogP contribution in [0.5, 0.6) is 5.75 Å². The van der Waals surface area contributed by atoms with Gasteiger partial charge in [-0.1, -0.05) is 24.3 Å². The second kappa shape index (κ2) is 10.8. The van der Waals surface area contributed by atoms with Gasteiger partial charge in [-0.25, -0.2) is 14.3 Å². The highest BCUT2D eigenvalue weighted by Gasteiger charge is 2.41. The number of carboxylic acids is 1. The molecule has 1 aromatic heterocycles. The molecular weight excluding hydrogens is 513 g/mol. The average Bonchev–Trinajstić information content (AvgIpc) is 3.22. The third-order valence-electron chi connectivity index (χ3n) is 4.67. The number of para-hydroxylation sites is 1. The quantitative estimate of drug-likeness (QED) is 0.179. The number of carbonyl (C=O) groups excluding carboxylic acids is 1. The Morgan fingerprint density at radius 1 is 1.14 bits per heavy atom. The molecule has 3 atom stereocenters. The first-order valence-corrected chi connectivity index (χ1v) is 12.7. The van der Waals surface area contributed by atoms with Crippen LogP contribution in [-0.2, 0) is 14.1 Å². The molecule has 0 saturated carbocycles. The summed E-state index contributed by atoms with van der Waals surface area (Å²) < 4.78 is 77.0. The maximum atomic E-state index is 15.7. The number of rotatable bonds is 10. The topological polar surface area (TPSA) is 102 Å². The molecule has 0 aliphatic heterocycles. The number of thiophene rings is 1. The highest BCUT2D eigenvalue weighted by atomic mass is 32.1. The lowest BCUT2D eigenvalue weighted by Crippen LogP contribution is -2.36. The van der Waals surface area contributed by atoms with Crippen molar-refractivity contribution in [1.29, 1.82) is 0 Å². The zero-order chi connectivity index (χ0) is 25.8. The van der Waals surface area contributed by atoms with Crippen molar-refractivity contribution in [1.82, 2.24) is 5.09 Å². The standard InChI is InChI=1S/C22H20F4NO6PS/c1-13(21(30)32-10-9-22(24,25)26)27-34(31,33-16-5-3-2-4-6-16)19(23)14-7-8-17-15(11-14)12-18(35-17)20(28)29/h2-8,11-13,19H,9-10H2,1H3,(H,27,31)(H,28,29)/t13-,19?,34?/m0/s1. The van der Waals surface area contributed by atoms with Gasteiger partial charge in [0.1, 0.15) is 16.7 Å². The van der Waals surface area contributed by atoms with Crippen LogP contribution in [0.1, 0.15) is 34.5 Å². The third-order valence-corrected chi connectivity index (χ3v) is 7.89. The Morgan fingerprint density at radius 3 is 2.46 bits per heavy atom. The van der Waals surface area contributed by atoms with Crippen LogP contribution in [0.25, 0.3) is 10.1 Å². The van der Waals surface area contributed by atoms with Crippen LogP contribution in [-0.4, -0.2) is 35.9 Å². The molecule has 35 heavy (non-hydrogen) atoms. The molecule has 3 rings (SSSR count). The van der Waals surface area contributed by atoms with Crippen molar-refractivity contribution in [3.8, 4) is 5.75 Å². The van der Waals surface area contributed by atoms with Crippen molar-refractivity contribution < 1.29 is 46.1 Å². The van der Waals surface area contributed by atoms with Gasteiger partial charge in [0.05, 0.1) is 13.0 Å². The number of hydrogen-bond acceptors (Lipinski definition) is 6. The van der Waals surface area contributed by atoms with E-state index in [1.165, 1.54) is 36.4 Å². The van der Waals surface area contributed by atoms with Gasteiger partial charge < -0.3 is 14.4 Å². The SMILES string of the molecule is C[C@H](NP(=O)(Oc1ccccc1)C(F)c1ccc2sc(C(=O)O)cc2c1)C(=O)OCCC(F)(F)F. The van der Waals surface area contributed by atoms with Crippen molar-refractivity contribution in [2.24, 2.45) is 0 Å². The van der Waals surface area contributed by atoms with Gasteiger partial charge in [-0.3, -0.25) is 9.36 Å². The molecule has 1 heterocycles. The number of carboxylic acid groups (broad SMARTS) is 1. The molecule has 0 aliphatic rings. The van der Waals surface area contributed by atoms with E-state index in [9.17, 15) is 32.4 Å². The molecule has 2 unspecified atom stereocenters. The molecule has 0 saturated heterocycles. The van der Waals surface area contributed by atoms with Gasteiger partial charge in [0.25, 0.3) is 0 Å². The van der Waals surface area contributed by atoms with Crippen LogP contribution in [0, 0.1) is 0 Å². The van der Waals surface area contributed by atoms with E-state index in [1.54, 1.807) is 18.2 Å². The van der Waals surface area contributed by atoms with Gasteiger partial charge in [-0.15, -0.1) is 11.3 Å². The summed E-state index contributed by atoms with van der Waals surface area (Å²) in [6.07, 6.45) is -5.90. The molecule has 0 fully saturated rings. The highest BCUT2D eigenvalue weighted by molar-refractivity contribution is 7.57. The van der Waals surface area contributed by atoms with E-state index >= 15 is 4.39 Å². The monoisotopic (exact) mass is 533 g/mol. The van der Waals surface area contributed by atoms with Gasteiger partial charge in [-0.05, 0) is 48.2 Å². The fraction of sp³-hybridized carbons (Fsp3) is 0.273. The number of carbonyl (C=O) groups is 2. The number of nitrogens with one attached hydrogen (secondary N) is 1. The minimum atomic E-state index is -4.57. The van der Waals surface area contributed by atoms with E-state index in [0.29, 0.717) is 10.1 Å². The molecular formula is C22H20F4NO6PS. The molecule has 2 aromatic carbocycles. The lowest BCUT2D eigenvalue weighted by atomic mass is 10.2. The number of aromatic carboxylic acids is 1. The van der Waals surface area contributed by atoms with E-state index in [4.69, 9.17) is 4.52 Å². The maximum Gasteiger partial charge on any atom is 0.392 e. The maximum absolute atomic E-state index is 15.7. The minimum absolute atomic E-state index is 0.0217. The summed E-state index contributed by atoms with van der Waals surface area (Å²) in [4.78, 5) is 23.4. The molecule has 0 spiro atoms. The van der Waals surface area contributed by atoms with Crippen LogP contribution in [0.15, 0.2) is 54.6 Å². The second-order valence-corrected chi connectivity index (χ2v) is 10.6. The highest BCUT2D eigenvalue weighted by Crippen LogP contribution is 2.58. The number of hydrogen-bond donors (Lipinski definition) is 2. The average molecular weight is 533 g/mol. The smallest absolute Gasteiger partial charge is 0.392 e. The number of benzene rings is 2. The number of ether oxygens (including phenoxy) is 1. The first-order valence-electron chi connectivity index (χ1n) is 10.1. The summed E-state index contributed by atoms with van der Waals surface area (Å²) in [5.74, 6) is -4.61. The molecule has 2 N–H and O–H groups in total. The van der Waals surface area contributed by atoms with Crippen LogP contribution in [0.3, 0.4) is 0 Å². The minimum Gasteiger partial charge on any atom is -0.477 e. The van der Waals surface area contributed by atoms with Crippen molar-refractivity contribution in [3.05, 3.63) is 65.0 Å². The fourth-order valence-electron chi connectivity index (χ4n) is 3.00. The Bertz CT molecular complexity index is 1250. The summed E-state index contributed by atoms with van der Waals surface area (Å²) in [7, 11) is -4.57. The van der Waals surface area contributed by atoms with E-state index in [1.807, 2.05) is 0 Å². The zero-order valence-electron chi connectivity index (χ0n) is 18.1. The van der Waals surface area contributed by atoms with E-state index in [0.717, 1.165) is 18.3 Å². The molecule has 0 amide bonds. The third kappa shape index (κ3) is 7.03. The molecule has 7 nitrogen and oxygen atoms in total. The first-order chi connectivity index (χ1) is 16.4. The van der Waals surface area contributed by atoms with Crippen LogP contribution in [0.4, 0.5) is 17.6 Å². The van der Waals surface area contributed by atoms with Crippen LogP contribution < -0.4 is 9.61 Å². The van der Waals surface area contributed by atoms with E-state index < -0.39 is 50.6 Å². The second-order valence-electron chi connectivity index (χ2n) is 7.43. The molecule has 0 radical (unpaired) electrons. The van der Waals surface area contributed by atoms with Crippen molar-refractivity contribution in [2.45, 2.75) is 31.5 Å². The van der Waals surface area contributed by atoms with Crippen LogP contribution >= 0.6 is 18.9 Å². The van der Waals surface area contributed by atoms with E-state index in [-0.39, 0.29) is 16.2 Å².